The highest BCUT2D eigenvalue weighted by atomic mass is 19.1. The Bertz CT molecular complexity index is 1110. The molecule has 216 valence electrons. The second-order valence-electron chi connectivity index (χ2n) is 9.57. The van der Waals surface area contributed by atoms with E-state index in [9.17, 15) is 14.0 Å². The second kappa shape index (κ2) is 18.5. The summed E-state index contributed by atoms with van der Waals surface area (Å²) in [5.74, 6) is -0.983. The number of carboxylic acids is 1. The van der Waals surface area contributed by atoms with Gasteiger partial charge in [0.25, 0.3) is 0 Å². The SMILES string of the molecule is C=CCC(C=NC(=C/C)/C(=C\CC(=O)N1CCCN(c2ccc(F)cc2)CC1)N=CCCCC(=O)O)/C=C\CC. The van der Waals surface area contributed by atoms with Crippen LogP contribution in [0.4, 0.5) is 10.1 Å². The fraction of sp³-hybridized carbons (Fsp3) is 0.438. The third-order valence-electron chi connectivity index (χ3n) is 6.46. The molecule has 1 N–H and O–H groups in total. The molecule has 0 aromatic heterocycles. The minimum Gasteiger partial charge on any atom is -0.481 e. The van der Waals surface area contributed by atoms with Crippen LogP contribution >= 0.6 is 0 Å². The Morgan fingerprint density at radius 3 is 2.58 bits per heavy atom. The van der Waals surface area contributed by atoms with Crippen LogP contribution in [0.3, 0.4) is 0 Å². The number of hydrogen-bond acceptors (Lipinski definition) is 5. The quantitative estimate of drug-likeness (QED) is 0.115. The smallest absolute Gasteiger partial charge is 0.303 e. The van der Waals surface area contributed by atoms with Crippen molar-refractivity contribution in [2.24, 2.45) is 15.9 Å². The van der Waals surface area contributed by atoms with Gasteiger partial charge in [-0.15, -0.1) is 6.58 Å². The molecular formula is C32H43FN4O3. The predicted octanol–water partition coefficient (Wildman–Crippen LogP) is 6.60. The Morgan fingerprint density at radius 1 is 1.12 bits per heavy atom. The van der Waals surface area contributed by atoms with Crippen LogP contribution in [-0.4, -0.2) is 60.5 Å². The van der Waals surface area contributed by atoms with Gasteiger partial charge in [0, 0.05) is 63.1 Å². The number of carbonyl (C=O) groups is 2. The number of aliphatic carboxylic acids is 1. The molecule has 0 bridgehead atoms. The molecule has 0 aliphatic carbocycles. The number of halogens is 1. The number of rotatable bonds is 15. The molecule has 1 unspecified atom stereocenters. The maximum absolute atomic E-state index is 13.3. The highest BCUT2D eigenvalue weighted by Gasteiger charge is 2.19. The first-order chi connectivity index (χ1) is 19.4. The molecule has 0 spiro atoms. The standard InChI is InChI=1S/C32H43FN4O3/c1-4-7-12-26(11-5-2)25-35-29(6-3)30(34-20-9-8-13-32(39)40)18-19-31(38)37-22-10-21-36(23-24-37)28-16-14-27(33)15-17-28/h5-7,12,14-18,20,25-26H,2,4,8-11,13,19,21-24H2,1,3H3,(H,39,40)/b12-7-,29-6+,30-18+,34-20?,35-25?. The summed E-state index contributed by atoms with van der Waals surface area (Å²) in [5.41, 5.74) is 2.19. The summed E-state index contributed by atoms with van der Waals surface area (Å²) in [6, 6.07) is 6.46. The summed E-state index contributed by atoms with van der Waals surface area (Å²) < 4.78 is 13.3. The van der Waals surface area contributed by atoms with E-state index in [0.29, 0.717) is 43.9 Å². The Hall–Kier alpha value is -3.81. The van der Waals surface area contributed by atoms with Gasteiger partial charge in [-0.05, 0) is 69.4 Å². The number of benzene rings is 1. The zero-order valence-electron chi connectivity index (χ0n) is 23.8. The number of aliphatic imine (C=N–C) groups is 2. The van der Waals surface area contributed by atoms with Crippen LogP contribution < -0.4 is 4.90 Å². The average molecular weight is 551 g/mol. The number of carboxylic acid groups (broad SMARTS) is 1. The predicted molar refractivity (Wildman–Crippen MR) is 162 cm³/mol. The fourth-order valence-electron chi connectivity index (χ4n) is 4.28. The topological polar surface area (TPSA) is 85.6 Å². The molecule has 1 aromatic rings. The van der Waals surface area contributed by atoms with E-state index in [-0.39, 0.29) is 30.5 Å². The third-order valence-corrected chi connectivity index (χ3v) is 6.46. The lowest BCUT2D eigenvalue weighted by Crippen LogP contribution is -2.34. The Kier molecular flexibility index (Phi) is 15.0. The highest BCUT2D eigenvalue weighted by Crippen LogP contribution is 2.19. The first-order valence-electron chi connectivity index (χ1n) is 14.1. The number of carbonyl (C=O) groups excluding carboxylic acids is 1. The number of hydrogen-bond donors (Lipinski definition) is 1. The molecule has 1 atom stereocenters. The van der Waals surface area contributed by atoms with Crippen LogP contribution in [0, 0.1) is 11.7 Å². The van der Waals surface area contributed by atoms with Crippen LogP contribution in [0.5, 0.6) is 0 Å². The van der Waals surface area contributed by atoms with Crippen molar-refractivity contribution >= 4 is 30.0 Å². The van der Waals surface area contributed by atoms with Gasteiger partial charge in [0.1, 0.15) is 5.82 Å². The van der Waals surface area contributed by atoms with Gasteiger partial charge in [-0.25, -0.2) is 4.39 Å². The molecule has 0 saturated carbocycles. The van der Waals surface area contributed by atoms with Gasteiger partial charge in [-0.1, -0.05) is 31.2 Å². The number of unbranched alkanes of at least 4 members (excludes halogenated alkanes) is 1. The molecule has 1 saturated heterocycles. The Balaban J connectivity index is 2.14. The number of allylic oxidation sites excluding steroid dienone is 4. The summed E-state index contributed by atoms with van der Waals surface area (Å²) in [4.78, 5) is 37.4. The normalized spacial score (nSPS) is 16.2. The van der Waals surface area contributed by atoms with E-state index in [1.165, 1.54) is 12.1 Å². The molecule has 1 fully saturated rings. The maximum atomic E-state index is 13.3. The van der Waals surface area contributed by atoms with Crippen LogP contribution in [0.25, 0.3) is 0 Å². The molecule has 7 nitrogen and oxygen atoms in total. The zero-order chi connectivity index (χ0) is 29.2. The summed E-state index contributed by atoms with van der Waals surface area (Å²) >= 11 is 0. The van der Waals surface area contributed by atoms with Gasteiger partial charge >= 0.3 is 5.97 Å². The molecule has 1 aliphatic rings. The maximum Gasteiger partial charge on any atom is 0.303 e. The second-order valence-corrected chi connectivity index (χ2v) is 9.57. The first-order valence-corrected chi connectivity index (χ1v) is 14.1. The lowest BCUT2D eigenvalue weighted by atomic mass is 10.1. The molecule has 0 radical (unpaired) electrons. The zero-order valence-corrected chi connectivity index (χ0v) is 23.8. The number of nitrogens with zero attached hydrogens (tertiary/aromatic N) is 4. The van der Waals surface area contributed by atoms with Crippen molar-refractivity contribution < 1.29 is 19.1 Å². The summed E-state index contributed by atoms with van der Waals surface area (Å²) in [5, 5.41) is 8.90. The molecule has 1 aliphatic heterocycles. The van der Waals surface area contributed by atoms with Crippen molar-refractivity contribution in [1.82, 2.24) is 4.90 Å². The molecule has 2 rings (SSSR count). The summed E-state index contributed by atoms with van der Waals surface area (Å²) in [6.45, 7) is 10.5. The molecule has 8 heteroatoms. The van der Waals surface area contributed by atoms with Gasteiger partial charge < -0.3 is 14.9 Å². The van der Waals surface area contributed by atoms with Gasteiger partial charge in [-0.3, -0.25) is 19.6 Å². The molecule has 1 heterocycles. The number of amides is 1. The first kappa shape index (κ1) is 32.4. The van der Waals surface area contributed by atoms with E-state index in [0.717, 1.165) is 31.5 Å². The van der Waals surface area contributed by atoms with Crippen molar-refractivity contribution in [2.75, 3.05) is 31.1 Å². The van der Waals surface area contributed by atoms with Crippen molar-refractivity contribution in [3.05, 3.63) is 78.4 Å². The van der Waals surface area contributed by atoms with Gasteiger partial charge in [0.05, 0.1) is 11.4 Å². The van der Waals surface area contributed by atoms with Crippen molar-refractivity contribution in [2.45, 2.75) is 58.8 Å². The molecule has 1 amide bonds. The van der Waals surface area contributed by atoms with E-state index >= 15 is 0 Å². The van der Waals surface area contributed by atoms with Gasteiger partial charge in [0.2, 0.25) is 5.91 Å². The fourth-order valence-corrected chi connectivity index (χ4v) is 4.28. The van der Waals surface area contributed by atoms with Crippen molar-refractivity contribution in [3.8, 4) is 0 Å². The highest BCUT2D eigenvalue weighted by molar-refractivity contribution is 5.78. The lowest BCUT2D eigenvalue weighted by Gasteiger charge is -2.23. The molecule has 40 heavy (non-hydrogen) atoms. The van der Waals surface area contributed by atoms with Crippen LogP contribution in [0.15, 0.2) is 82.6 Å². The van der Waals surface area contributed by atoms with E-state index in [1.54, 1.807) is 24.4 Å². The van der Waals surface area contributed by atoms with Crippen molar-refractivity contribution in [1.29, 1.82) is 0 Å². The van der Waals surface area contributed by atoms with E-state index in [4.69, 9.17) is 10.1 Å². The summed E-state index contributed by atoms with van der Waals surface area (Å²) in [7, 11) is 0. The van der Waals surface area contributed by atoms with Crippen molar-refractivity contribution in [3.63, 3.8) is 0 Å². The van der Waals surface area contributed by atoms with E-state index in [1.807, 2.05) is 30.2 Å². The molecular weight excluding hydrogens is 507 g/mol. The Morgan fingerprint density at radius 2 is 1.90 bits per heavy atom. The van der Waals surface area contributed by atoms with Gasteiger partial charge in [-0.2, -0.15) is 0 Å². The number of anilines is 1. The average Bonchev–Trinajstić information content (AvgIpc) is 3.20. The molecule has 1 aromatic carbocycles. The largest absolute Gasteiger partial charge is 0.481 e. The van der Waals surface area contributed by atoms with Crippen LogP contribution in [0.1, 0.15) is 58.8 Å². The van der Waals surface area contributed by atoms with Crippen LogP contribution in [-0.2, 0) is 9.59 Å². The Labute approximate surface area is 238 Å². The van der Waals surface area contributed by atoms with Gasteiger partial charge in [0.15, 0.2) is 0 Å². The summed E-state index contributed by atoms with van der Waals surface area (Å²) in [6.07, 6.45) is 17.1. The lowest BCUT2D eigenvalue weighted by molar-refractivity contribution is -0.137. The van der Waals surface area contributed by atoms with E-state index < -0.39 is 5.97 Å². The third kappa shape index (κ3) is 11.9. The van der Waals surface area contributed by atoms with E-state index in [2.05, 4.69) is 35.5 Å². The minimum atomic E-state index is -0.836. The monoisotopic (exact) mass is 550 g/mol. The van der Waals surface area contributed by atoms with Crippen LogP contribution in [0.2, 0.25) is 0 Å². The minimum absolute atomic E-state index is 0.00868.